The van der Waals surface area contributed by atoms with E-state index in [1.54, 1.807) is 0 Å². The molecule has 17 nitrogen and oxygen atoms in total. The number of phosphoric acid groups is 2. The third kappa shape index (κ3) is 74.9. The Bertz CT molecular complexity index is 2590. The zero-order valence-corrected chi connectivity index (χ0v) is 66.4. The Balaban J connectivity index is 5.47. The van der Waals surface area contributed by atoms with Gasteiger partial charge in [0.15, 0.2) is 12.2 Å². The SMILES string of the molecule is CC/C=C\C/C=C\C/C=C\C/C=C\C/C=C\C/C=C\CCC(=O)OCC(COP(=O)(O)OCC(O)COP(=O)(O)OCC(COC(=O)CCCCCCC/C=C\C/C=C\C/C=C\CC)OC(=O)CCCCCCCCCCCCCCC)OC(=O)CCCCCC/C=C\C/C=C\C/C=C\C/C=C\CC. The number of unbranched alkanes of at least 4 members (excludes halogenated alkanes) is 21. The van der Waals surface area contributed by atoms with Crippen molar-refractivity contribution in [3.8, 4) is 0 Å². The summed E-state index contributed by atoms with van der Waals surface area (Å²) in [6.45, 7) is 4.40. The zero-order chi connectivity index (χ0) is 76.0. The number of esters is 4. The second-order valence-electron chi connectivity index (χ2n) is 25.9. The van der Waals surface area contributed by atoms with Gasteiger partial charge in [0.25, 0.3) is 0 Å². The van der Waals surface area contributed by atoms with E-state index in [0.717, 1.165) is 161 Å². The number of carbonyl (C=O) groups is 4. The van der Waals surface area contributed by atoms with E-state index in [2.05, 4.69) is 167 Å². The van der Waals surface area contributed by atoms with Crippen LogP contribution in [0.2, 0.25) is 0 Å². The minimum atomic E-state index is -5.01. The average molecular weight is 1500 g/mol. The molecule has 0 heterocycles. The highest BCUT2D eigenvalue weighted by molar-refractivity contribution is 7.47. The number of carbonyl (C=O) groups excluding carboxylic acids is 4. The van der Waals surface area contributed by atoms with Gasteiger partial charge in [0.1, 0.15) is 19.3 Å². The summed E-state index contributed by atoms with van der Waals surface area (Å²) >= 11 is 0. The molecule has 0 aromatic rings. The fourth-order valence-electron chi connectivity index (χ4n) is 10.1. The lowest BCUT2D eigenvalue weighted by molar-refractivity contribution is -0.161. The zero-order valence-electron chi connectivity index (χ0n) is 64.6. The van der Waals surface area contributed by atoms with Crippen LogP contribution < -0.4 is 0 Å². The second kappa shape index (κ2) is 75.9. The molecule has 592 valence electrons. The Morgan fingerprint density at radius 1 is 0.279 bits per heavy atom. The van der Waals surface area contributed by atoms with Crippen LogP contribution >= 0.6 is 15.6 Å². The average Bonchev–Trinajstić information content (AvgIpc) is 0.911. The molecule has 0 amide bonds. The summed E-state index contributed by atoms with van der Waals surface area (Å²) < 4.78 is 68.5. The lowest BCUT2D eigenvalue weighted by Crippen LogP contribution is -2.30. The first kappa shape index (κ1) is 98.7. The molecule has 0 saturated heterocycles. The van der Waals surface area contributed by atoms with Crippen molar-refractivity contribution in [1.29, 1.82) is 0 Å². The predicted octanol–water partition coefficient (Wildman–Crippen LogP) is 23.2. The van der Waals surface area contributed by atoms with Crippen LogP contribution in [0.4, 0.5) is 0 Å². The number of aliphatic hydroxyl groups is 1. The smallest absolute Gasteiger partial charge is 0.462 e. The molecule has 0 fully saturated rings. The number of phosphoric ester groups is 2. The number of rotatable bonds is 73. The van der Waals surface area contributed by atoms with Crippen molar-refractivity contribution in [2.45, 2.75) is 316 Å². The molecule has 0 aliphatic heterocycles. The van der Waals surface area contributed by atoms with Gasteiger partial charge in [-0.25, -0.2) is 9.13 Å². The summed E-state index contributed by atoms with van der Waals surface area (Å²) in [6, 6.07) is 0. The lowest BCUT2D eigenvalue weighted by Gasteiger charge is -2.21. The van der Waals surface area contributed by atoms with E-state index in [9.17, 15) is 43.2 Å². The minimum absolute atomic E-state index is 0.0253. The van der Waals surface area contributed by atoms with Crippen LogP contribution in [0.25, 0.3) is 0 Å². The molecule has 0 spiro atoms. The van der Waals surface area contributed by atoms with Gasteiger partial charge < -0.3 is 33.8 Å². The Hall–Kier alpha value is -5.32. The molecule has 19 heteroatoms. The number of hydrogen-bond donors (Lipinski definition) is 3. The Kier molecular flexibility index (Phi) is 72.0. The van der Waals surface area contributed by atoms with E-state index in [4.69, 9.17) is 37.0 Å². The van der Waals surface area contributed by atoms with Crippen molar-refractivity contribution in [3.05, 3.63) is 158 Å². The molecule has 0 aliphatic carbocycles. The van der Waals surface area contributed by atoms with E-state index in [0.29, 0.717) is 32.1 Å². The van der Waals surface area contributed by atoms with E-state index >= 15 is 0 Å². The van der Waals surface area contributed by atoms with Gasteiger partial charge in [-0.15, -0.1) is 0 Å². The molecule has 0 aromatic carbocycles. The van der Waals surface area contributed by atoms with Gasteiger partial charge in [0, 0.05) is 25.7 Å². The van der Waals surface area contributed by atoms with E-state index in [-0.39, 0.29) is 25.7 Å². The van der Waals surface area contributed by atoms with Gasteiger partial charge in [0.2, 0.25) is 0 Å². The van der Waals surface area contributed by atoms with Gasteiger partial charge in [0.05, 0.1) is 26.4 Å². The molecule has 5 atom stereocenters. The number of hydrogen-bond acceptors (Lipinski definition) is 15. The third-order valence-electron chi connectivity index (χ3n) is 16.0. The molecule has 3 N–H and O–H groups in total. The van der Waals surface area contributed by atoms with Gasteiger partial charge in [-0.05, 0) is 135 Å². The van der Waals surface area contributed by atoms with Crippen LogP contribution in [-0.2, 0) is 65.4 Å². The maximum atomic E-state index is 13.1. The molecule has 0 bridgehead atoms. The highest BCUT2D eigenvalue weighted by atomic mass is 31.2. The molecule has 0 saturated carbocycles. The highest BCUT2D eigenvalue weighted by Crippen LogP contribution is 2.45. The van der Waals surface area contributed by atoms with Gasteiger partial charge >= 0.3 is 39.5 Å². The van der Waals surface area contributed by atoms with Crippen molar-refractivity contribution in [2.24, 2.45) is 0 Å². The maximum absolute atomic E-state index is 13.1. The number of ether oxygens (including phenoxy) is 4. The summed E-state index contributed by atoms with van der Waals surface area (Å²) in [7, 11) is -10.00. The maximum Gasteiger partial charge on any atom is 0.472 e. The summed E-state index contributed by atoms with van der Waals surface area (Å²) in [5.41, 5.74) is 0. The minimum Gasteiger partial charge on any atom is -0.462 e. The Morgan fingerprint density at radius 2 is 0.519 bits per heavy atom. The fourth-order valence-corrected chi connectivity index (χ4v) is 11.7. The Morgan fingerprint density at radius 3 is 0.827 bits per heavy atom. The van der Waals surface area contributed by atoms with Crippen LogP contribution in [-0.4, -0.2) is 96.7 Å². The van der Waals surface area contributed by atoms with Crippen molar-refractivity contribution in [3.63, 3.8) is 0 Å². The summed E-state index contributed by atoms with van der Waals surface area (Å²) in [6.07, 6.45) is 88.1. The van der Waals surface area contributed by atoms with Crippen LogP contribution in [0.1, 0.15) is 297 Å². The van der Waals surface area contributed by atoms with Crippen LogP contribution in [0.3, 0.4) is 0 Å². The van der Waals surface area contributed by atoms with E-state index in [1.807, 2.05) is 18.2 Å². The van der Waals surface area contributed by atoms with Gasteiger partial charge in [-0.2, -0.15) is 0 Å². The molecular weight excluding hydrogens is 1350 g/mol. The van der Waals surface area contributed by atoms with Crippen molar-refractivity contribution in [2.75, 3.05) is 39.6 Å². The van der Waals surface area contributed by atoms with Crippen LogP contribution in [0.5, 0.6) is 0 Å². The largest absolute Gasteiger partial charge is 0.472 e. The first-order valence-corrected chi connectivity index (χ1v) is 42.7. The third-order valence-corrected chi connectivity index (χ3v) is 17.9. The highest BCUT2D eigenvalue weighted by Gasteiger charge is 2.30. The van der Waals surface area contributed by atoms with E-state index in [1.165, 1.54) is 51.4 Å². The molecule has 0 radical (unpaired) electrons. The monoisotopic (exact) mass is 1490 g/mol. The Labute approximate surface area is 629 Å². The molecular formula is C85H140O17P2. The molecule has 0 rings (SSSR count). The summed E-state index contributed by atoms with van der Waals surface area (Å²) in [5, 5.41) is 10.6. The predicted molar refractivity (Wildman–Crippen MR) is 427 cm³/mol. The standard InChI is InChI=1S/C85H140O17P2/c1-5-9-13-17-21-25-29-33-36-38-39-41-43-47-50-54-58-62-66-70-83(88)96-76-81(102-85(90)72-68-64-60-56-52-48-44-40-37-34-30-26-22-18-14-10-6-2)78-100-104(93,94)98-74-79(86)73-97-103(91,92)99-77-80(101-84(89)71-67-63-59-55-51-45-32-28-24-20-16-12-8-4)75-95-82(87)69-65-61-57-53-49-46-42-35-31-27-23-19-15-11-7-3/h9-11,13-15,21-23,25-27,33-37,39,41-42,44,47-48,50,58,62,79-81,86H,5-8,12,16-20,24,28-32,38,40,43,45-46,49,51-57,59-61,63-78H2,1-4H3,(H,91,92)(H,93,94)/b13-9-,14-10-,15-11-,25-21-,26-22-,27-23-,36-33-,37-34-,41-39-,42-35-,48-44-,50-47-,62-58-. The second-order valence-corrected chi connectivity index (χ2v) is 28.8. The van der Waals surface area contributed by atoms with Gasteiger partial charge in [-0.1, -0.05) is 295 Å². The fraction of sp³-hybridized carbons (Fsp3) is 0.647. The quantitative estimate of drug-likeness (QED) is 0.0169. The molecule has 104 heavy (non-hydrogen) atoms. The van der Waals surface area contributed by atoms with Gasteiger partial charge in [-0.3, -0.25) is 37.3 Å². The first-order chi connectivity index (χ1) is 50.7. The number of aliphatic hydroxyl groups excluding tert-OH is 1. The molecule has 0 aliphatic rings. The van der Waals surface area contributed by atoms with Crippen molar-refractivity contribution < 1.29 is 80.2 Å². The molecule has 0 aromatic heterocycles. The topological polar surface area (TPSA) is 237 Å². The number of allylic oxidation sites excluding steroid dienone is 26. The van der Waals surface area contributed by atoms with Crippen LogP contribution in [0, 0.1) is 0 Å². The van der Waals surface area contributed by atoms with Crippen LogP contribution in [0.15, 0.2) is 158 Å². The lowest BCUT2D eigenvalue weighted by atomic mass is 10.0. The summed E-state index contributed by atoms with van der Waals surface area (Å²) in [5.74, 6) is -2.32. The van der Waals surface area contributed by atoms with Crippen molar-refractivity contribution >= 4 is 39.5 Å². The normalized spacial score (nSPS) is 14.7. The van der Waals surface area contributed by atoms with Crippen molar-refractivity contribution in [1.82, 2.24) is 0 Å². The van der Waals surface area contributed by atoms with E-state index < -0.39 is 97.5 Å². The summed E-state index contributed by atoms with van der Waals surface area (Å²) in [4.78, 5) is 73.0. The first-order valence-electron chi connectivity index (χ1n) is 39.7. The molecule has 5 unspecified atom stereocenters.